The van der Waals surface area contributed by atoms with Gasteiger partial charge in [0.25, 0.3) is 0 Å². The molecule has 22 heavy (non-hydrogen) atoms. The lowest BCUT2D eigenvalue weighted by Crippen LogP contribution is -2.37. The summed E-state index contributed by atoms with van der Waals surface area (Å²) in [6.45, 7) is 9.14. The Hall–Kier alpha value is -0.300. The number of ether oxygens (including phenoxy) is 1. The highest BCUT2D eigenvalue weighted by Crippen LogP contribution is 2.19. The maximum absolute atomic E-state index is 5.99. The molecule has 2 N–H and O–H groups in total. The summed E-state index contributed by atoms with van der Waals surface area (Å²) in [5.74, 6) is 0.877. The third kappa shape index (κ3) is 11.3. The summed E-state index contributed by atoms with van der Waals surface area (Å²) in [6, 6.07) is 0. The van der Waals surface area contributed by atoms with Crippen LogP contribution in [0.4, 0.5) is 0 Å². The van der Waals surface area contributed by atoms with E-state index in [2.05, 4.69) is 29.1 Å². The summed E-state index contributed by atoms with van der Waals surface area (Å²) < 4.78 is 5.99. The maximum atomic E-state index is 5.99. The molecule has 0 unspecified atom stereocenters. The molecule has 0 bridgehead atoms. The van der Waals surface area contributed by atoms with Crippen molar-refractivity contribution >= 4 is 29.9 Å². The molecule has 5 heteroatoms. The Morgan fingerprint density at radius 2 is 1.91 bits per heavy atom. The van der Waals surface area contributed by atoms with Crippen molar-refractivity contribution in [2.45, 2.75) is 64.4 Å². The first-order valence-electron chi connectivity index (χ1n) is 8.61. The first-order chi connectivity index (χ1) is 10.4. The van der Waals surface area contributed by atoms with E-state index in [0.29, 0.717) is 6.10 Å². The lowest BCUT2D eigenvalue weighted by atomic mass is 10.1. The summed E-state index contributed by atoms with van der Waals surface area (Å²) in [6.07, 6.45) is 12.5. The minimum Gasteiger partial charge on any atom is -0.378 e. The van der Waals surface area contributed by atoms with Gasteiger partial charge in [-0.15, -0.1) is 30.6 Å². The standard InChI is InChI=1S/C17H33N3O.HI/c1-3-13-19-17(18-4-2)20-14-9-10-15-21-16-11-7-5-6-8-12-16;/h3,16H,1,4-15H2,2H3,(H2,18,19,20);1H. The number of hydrogen-bond donors (Lipinski definition) is 2. The quantitative estimate of drug-likeness (QED) is 0.148. The second kappa shape index (κ2) is 15.6. The Bertz CT molecular complexity index is 290. The number of rotatable bonds is 9. The fourth-order valence-corrected chi connectivity index (χ4v) is 2.57. The number of guanidine groups is 1. The number of halogens is 1. The van der Waals surface area contributed by atoms with Gasteiger partial charge in [-0.3, -0.25) is 4.99 Å². The minimum absolute atomic E-state index is 0. The molecule has 0 aromatic rings. The average Bonchev–Trinajstić information content (AvgIpc) is 2.76. The van der Waals surface area contributed by atoms with E-state index in [4.69, 9.17) is 4.74 Å². The third-order valence-electron chi connectivity index (χ3n) is 3.74. The van der Waals surface area contributed by atoms with Crippen LogP contribution in [0.3, 0.4) is 0 Å². The van der Waals surface area contributed by atoms with Crippen molar-refractivity contribution in [2.24, 2.45) is 4.99 Å². The van der Waals surface area contributed by atoms with Gasteiger partial charge in [-0.05, 0) is 32.6 Å². The van der Waals surface area contributed by atoms with Crippen LogP contribution < -0.4 is 10.6 Å². The lowest BCUT2D eigenvalue weighted by Gasteiger charge is -2.15. The molecular weight excluding hydrogens is 389 g/mol. The Balaban J connectivity index is 0.00000441. The van der Waals surface area contributed by atoms with Crippen LogP contribution in [0.5, 0.6) is 0 Å². The van der Waals surface area contributed by atoms with Gasteiger partial charge in [0, 0.05) is 26.2 Å². The van der Waals surface area contributed by atoms with E-state index in [0.717, 1.165) is 45.0 Å². The van der Waals surface area contributed by atoms with Gasteiger partial charge in [-0.1, -0.05) is 31.8 Å². The molecule has 1 fully saturated rings. The van der Waals surface area contributed by atoms with Crippen LogP contribution in [0.15, 0.2) is 17.6 Å². The van der Waals surface area contributed by atoms with Crippen LogP contribution in [0.2, 0.25) is 0 Å². The molecule has 0 heterocycles. The van der Waals surface area contributed by atoms with Gasteiger partial charge in [0.2, 0.25) is 0 Å². The van der Waals surface area contributed by atoms with Gasteiger partial charge in [-0.25, -0.2) is 0 Å². The molecule has 0 spiro atoms. The molecule has 1 rings (SSSR count). The molecule has 0 aliphatic heterocycles. The number of unbranched alkanes of at least 4 members (excludes halogenated alkanes) is 1. The van der Waals surface area contributed by atoms with Crippen LogP contribution in [-0.2, 0) is 4.74 Å². The van der Waals surface area contributed by atoms with Crippen molar-refractivity contribution < 1.29 is 4.74 Å². The molecule has 0 amide bonds. The van der Waals surface area contributed by atoms with Gasteiger partial charge in [0.15, 0.2) is 5.96 Å². The Morgan fingerprint density at radius 3 is 2.55 bits per heavy atom. The smallest absolute Gasteiger partial charge is 0.191 e. The number of aliphatic imine (C=N–C) groups is 1. The first kappa shape index (κ1) is 21.7. The summed E-state index contributed by atoms with van der Waals surface area (Å²) in [4.78, 5) is 4.54. The van der Waals surface area contributed by atoms with Gasteiger partial charge in [0.05, 0.1) is 6.10 Å². The molecule has 4 nitrogen and oxygen atoms in total. The van der Waals surface area contributed by atoms with Gasteiger partial charge in [-0.2, -0.15) is 0 Å². The van der Waals surface area contributed by atoms with Crippen molar-refractivity contribution in [3.8, 4) is 0 Å². The third-order valence-corrected chi connectivity index (χ3v) is 3.74. The zero-order valence-electron chi connectivity index (χ0n) is 14.1. The topological polar surface area (TPSA) is 45.7 Å². The van der Waals surface area contributed by atoms with Crippen molar-refractivity contribution in [1.29, 1.82) is 0 Å². The highest BCUT2D eigenvalue weighted by molar-refractivity contribution is 14.0. The van der Waals surface area contributed by atoms with Gasteiger partial charge < -0.3 is 15.4 Å². The highest BCUT2D eigenvalue weighted by atomic mass is 127. The molecule has 0 atom stereocenters. The van der Waals surface area contributed by atoms with Crippen molar-refractivity contribution in [3.05, 3.63) is 12.7 Å². The largest absolute Gasteiger partial charge is 0.378 e. The van der Waals surface area contributed by atoms with Crippen LogP contribution >= 0.6 is 24.0 Å². The molecule has 0 radical (unpaired) electrons. The van der Waals surface area contributed by atoms with E-state index in [9.17, 15) is 0 Å². The average molecular weight is 423 g/mol. The highest BCUT2D eigenvalue weighted by Gasteiger charge is 2.11. The summed E-state index contributed by atoms with van der Waals surface area (Å²) in [5, 5.41) is 6.44. The molecule has 0 aromatic carbocycles. The van der Waals surface area contributed by atoms with Crippen molar-refractivity contribution in [1.82, 2.24) is 10.6 Å². The monoisotopic (exact) mass is 423 g/mol. The zero-order chi connectivity index (χ0) is 15.2. The minimum atomic E-state index is 0. The van der Waals surface area contributed by atoms with Crippen LogP contribution in [0, 0.1) is 0 Å². The Labute approximate surface area is 153 Å². The molecule has 0 saturated heterocycles. The number of nitrogens with one attached hydrogen (secondary N) is 2. The molecule has 0 aromatic heterocycles. The van der Waals surface area contributed by atoms with E-state index in [-0.39, 0.29) is 24.0 Å². The van der Waals surface area contributed by atoms with Crippen LogP contribution in [0.25, 0.3) is 0 Å². The molecule has 1 aliphatic carbocycles. The first-order valence-corrected chi connectivity index (χ1v) is 8.61. The molecule has 1 aliphatic rings. The normalized spacial score (nSPS) is 16.5. The fourth-order valence-electron chi connectivity index (χ4n) is 2.57. The summed E-state index contributed by atoms with van der Waals surface area (Å²) in [7, 11) is 0. The molecule has 130 valence electrons. The van der Waals surface area contributed by atoms with Crippen molar-refractivity contribution in [2.75, 3.05) is 26.2 Å². The van der Waals surface area contributed by atoms with Crippen LogP contribution in [-0.4, -0.2) is 38.3 Å². The summed E-state index contributed by atoms with van der Waals surface area (Å²) in [5.41, 5.74) is 0. The van der Waals surface area contributed by atoms with Gasteiger partial charge in [0.1, 0.15) is 0 Å². The number of nitrogens with zero attached hydrogens (tertiary/aromatic N) is 1. The number of hydrogen-bond acceptors (Lipinski definition) is 2. The second-order valence-corrected chi connectivity index (χ2v) is 5.62. The molecule has 1 saturated carbocycles. The SMILES string of the molecule is C=CCNC(=NCCCCOC1CCCCCC1)NCC.I. The van der Waals surface area contributed by atoms with Gasteiger partial charge >= 0.3 is 0 Å². The van der Waals surface area contributed by atoms with E-state index < -0.39 is 0 Å². The second-order valence-electron chi connectivity index (χ2n) is 5.62. The lowest BCUT2D eigenvalue weighted by molar-refractivity contribution is 0.0413. The predicted octanol–water partition coefficient (Wildman–Crippen LogP) is 3.87. The molecular formula is C17H34IN3O. The van der Waals surface area contributed by atoms with E-state index in [1.165, 1.54) is 38.5 Å². The maximum Gasteiger partial charge on any atom is 0.191 e. The fraction of sp³-hybridized carbons (Fsp3) is 0.824. The predicted molar refractivity (Wildman–Crippen MR) is 106 cm³/mol. The Kier molecular flexibility index (Phi) is 15.4. The van der Waals surface area contributed by atoms with E-state index in [1.54, 1.807) is 0 Å². The van der Waals surface area contributed by atoms with Crippen LogP contribution in [0.1, 0.15) is 58.3 Å². The van der Waals surface area contributed by atoms with E-state index >= 15 is 0 Å². The van der Waals surface area contributed by atoms with Crippen molar-refractivity contribution in [3.63, 3.8) is 0 Å². The summed E-state index contributed by atoms with van der Waals surface area (Å²) >= 11 is 0. The van der Waals surface area contributed by atoms with E-state index in [1.807, 2.05) is 6.08 Å². The zero-order valence-corrected chi connectivity index (χ0v) is 16.4. The Morgan fingerprint density at radius 1 is 1.18 bits per heavy atom.